The Labute approximate surface area is 83.5 Å². The van der Waals surface area contributed by atoms with Gasteiger partial charge in [0.15, 0.2) is 9.90 Å². The van der Waals surface area contributed by atoms with Gasteiger partial charge in [0, 0.05) is 6.42 Å². The van der Waals surface area contributed by atoms with Crippen LogP contribution >= 0.6 is 58.0 Å². The number of alkyl halides is 5. The highest BCUT2D eigenvalue weighted by molar-refractivity contribution is 6.55. The van der Waals surface area contributed by atoms with E-state index in [1.54, 1.807) is 0 Å². The van der Waals surface area contributed by atoms with Crippen LogP contribution < -0.4 is 0 Å². The van der Waals surface area contributed by atoms with Gasteiger partial charge in [-0.3, -0.25) is 0 Å². The number of hydrogen-bond donors (Lipinski definition) is 0. The van der Waals surface area contributed by atoms with Crippen molar-refractivity contribution in [2.45, 2.75) is 20.8 Å². The van der Waals surface area contributed by atoms with Crippen molar-refractivity contribution in [1.82, 2.24) is 0 Å². The van der Waals surface area contributed by atoms with Crippen LogP contribution in [-0.2, 0) is 4.74 Å². The lowest BCUT2D eigenvalue weighted by Crippen LogP contribution is -2.19. The molecular weight excluding hydrogens is 241 g/mol. The highest BCUT2D eigenvalue weighted by atomic mass is 35.5. The molecule has 1 saturated heterocycles. The Bertz CT molecular complexity index is 145. The smallest absolute Gasteiger partial charge is 0.221 e. The Morgan fingerprint density at radius 3 is 1.80 bits per heavy atom. The van der Waals surface area contributed by atoms with E-state index in [0.29, 0.717) is 0 Å². The Morgan fingerprint density at radius 1 is 1.20 bits per heavy atom. The van der Waals surface area contributed by atoms with Crippen LogP contribution in [0, 0.1) is 0 Å². The molecule has 1 aliphatic heterocycles. The summed E-state index contributed by atoms with van der Waals surface area (Å²) < 4.78 is 2.26. The lowest BCUT2D eigenvalue weighted by atomic mass is 10.3. The number of ether oxygens (including phenoxy) is 1. The van der Waals surface area contributed by atoms with Gasteiger partial charge in [0.25, 0.3) is 0 Å². The van der Waals surface area contributed by atoms with Crippen LogP contribution in [0.15, 0.2) is 0 Å². The molecule has 60 valence electrons. The minimum Gasteiger partial charge on any atom is -0.324 e. The van der Waals surface area contributed by atoms with Gasteiger partial charge in [0.05, 0.1) is 0 Å². The summed E-state index contributed by atoms with van der Waals surface area (Å²) in [5.74, 6) is 0. The highest BCUT2D eigenvalue weighted by Crippen LogP contribution is 2.50. The maximum absolute atomic E-state index is 5.64. The molecule has 0 bridgehead atoms. The molecule has 0 radical (unpaired) electrons. The van der Waals surface area contributed by atoms with Crippen molar-refractivity contribution in [3.8, 4) is 0 Å². The second-order valence-electron chi connectivity index (χ2n) is 2.01. The van der Waals surface area contributed by atoms with Gasteiger partial charge >= 0.3 is 0 Å². The normalized spacial score (nSPS) is 36.3. The summed E-state index contributed by atoms with van der Waals surface area (Å²) >= 11 is 27.9. The largest absolute Gasteiger partial charge is 0.324 e. The first-order chi connectivity index (χ1) is 4.33. The van der Waals surface area contributed by atoms with Gasteiger partial charge in [-0.2, -0.15) is 0 Å². The molecule has 0 aliphatic carbocycles. The predicted molar refractivity (Wildman–Crippen MR) is 44.2 cm³/mol. The zero-order valence-corrected chi connectivity index (χ0v) is 8.36. The molecule has 1 nitrogen and oxygen atoms in total. The molecule has 10 heavy (non-hydrogen) atoms. The third kappa shape index (κ3) is 1.96. The first kappa shape index (κ1) is 9.50. The van der Waals surface area contributed by atoms with Gasteiger partial charge in [0.2, 0.25) is 4.52 Å². The Morgan fingerprint density at radius 2 is 1.70 bits per heavy atom. The van der Waals surface area contributed by atoms with Crippen molar-refractivity contribution in [2.75, 3.05) is 0 Å². The number of hydrogen-bond acceptors (Lipinski definition) is 1. The predicted octanol–water partition coefficient (Wildman–Crippen LogP) is 3.28. The van der Waals surface area contributed by atoms with Gasteiger partial charge < -0.3 is 4.74 Å². The molecule has 1 unspecified atom stereocenters. The maximum atomic E-state index is 5.64. The van der Waals surface area contributed by atoms with E-state index in [9.17, 15) is 0 Å². The molecule has 6 heteroatoms. The Kier molecular flexibility index (Phi) is 2.58. The fraction of sp³-hybridized carbons (Fsp3) is 1.00. The number of halogens is 5. The summed E-state index contributed by atoms with van der Waals surface area (Å²) in [6.45, 7) is 0. The van der Waals surface area contributed by atoms with Crippen LogP contribution in [0.25, 0.3) is 0 Å². The summed E-state index contributed by atoms with van der Waals surface area (Å²) in [6.07, 6.45) is 0.0976. The van der Waals surface area contributed by atoms with Crippen LogP contribution in [-0.4, -0.2) is 14.4 Å². The molecule has 0 saturated carbocycles. The summed E-state index contributed by atoms with van der Waals surface area (Å²) in [5, 5.41) is 0. The van der Waals surface area contributed by atoms with Crippen molar-refractivity contribution in [1.29, 1.82) is 0 Å². The molecule has 0 amide bonds. The van der Waals surface area contributed by atoms with E-state index in [-0.39, 0.29) is 6.42 Å². The summed E-state index contributed by atoms with van der Waals surface area (Å²) in [7, 11) is 0. The Balaban J connectivity index is 2.71. The lowest BCUT2D eigenvalue weighted by molar-refractivity contribution is 0.112. The third-order valence-electron chi connectivity index (χ3n) is 1.05. The topological polar surface area (TPSA) is 9.23 Å². The van der Waals surface area contributed by atoms with Gasteiger partial charge in [-0.15, -0.1) is 0 Å². The van der Waals surface area contributed by atoms with Crippen LogP contribution in [0.4, 0.5) is 0 Å². The first-order valence-electron chi connectivity index (χ1n) is 2.41. The summed E-state index contributed by atoms with van der Waals surface area (Å²) in [4.78, 5) is 0. The SMILES string of the molecule is ClC1OC(Cl)(Cl)CC1(Cl)Cl. The highest BCUT2D eigenvalue weighted by Gasteiger charge is 2.52. The van der Waals surface area contributed by atoms with Crippen molar-refractivity contribution >= 4 is 58.0 Å². The van der Waals surface area contributed by atoms with Crippen LogP contribution in [0.2, 0.25) is 0 Å². The fourth-order valence-corrected chi connectivity index (χ4v) is 2.29. The second kappa shape index (κ2) is 2.72. The minimum absolute atomic E-state index is 0.0976. The third-order valence-corrected chi connectivity index (χ3v) is 2.84. The van der Waals surface area contributed by atoms with E-state index in [1.807, 2.05) is 0 Å². The van der Waals surface area contributed by atoms with Gasteiger partial charge in [-0.05, 0) is 0 Å². The standard InChI is InChI=1S/C4H3Cl5O/c5-2-3(6,7)1-4(8,9)10-2/h2H,1H2. The molecule has 0 aromatic carbocycles. The first-order valence-corrected chi connectivity index (χ1v) is 4.36. The van der Waals surface area contributed by atoms with Crippen LogP contribution in [0.5, 0.6) is 0 Å². The van der Waals surface area contributed by atoms with E-state index in [1.165, 1.54) is 0 Å². The zero-order valence-electron chi connectivity index (χ0n) is 4.58. The molecule has 0 aromatic rings. The van der Waals surface area contributed by atoms with Crippen LogP contribution in [0.1, 0.15) is 6.42 Å². The summed E-state index contributed by atoms with van der Waals surface area (Å²) in [5.41, 5.74) is -0.856. The van der Waals surface area contributed by atoms with Gasteiger partial charge in [0.1, 0.15) is 0 Å². The van der Waals surface area contributed by atoms with Crippen molar-refractivity contribution < 1.29 is 4.74 Å². The molecule has 1 fully saturated rings. The van der Waals surface area contributed by atoms with Crippen molar-refractivity contribution in [2.24, 2.45) is 0 Å². The van der Waals surface area contributed by atoms with E-state index in [2.05, 4.69) is 0 Å². The molecule has 1 heterocycles. The lowest BCUT2D eigenvalue weighted by Gasteiger charge is -2.11. The van der Waals surface area contributed by atoms with Crippen molar-refractivity contribution in [3.63, 3.8) is 0 Å². The molecular formula is C4H3Cl5O. The summed E-state index contributed by atoms with van der Waals surface area (Å²) in [6, 6.07) is 0. The molecule has 1 aliphatic rings. The van der Waals surface area contributed by atoms with Gasteiger partial charge in [-0.1, -0.05) is 58.0 Å². The zero-order chi connectivity index (χ0) is 7.99. The second-order valence-corrected chi connectivity index (χ2v) is 5.36. The average Bonchev–Trinajstić information content (AvgIpc) is 1.73. The fourth-order valence-electron chi connectivity index (χ4n) is 0.634. The number of rotatable bonds is 0. The quantitative estimate of drug-likeness (QED) is 0.594. The molecule has 0 aromatic heterocycles. The Hall–Kier alpha value is 1.41. The minimum atomic E-state index is -1.35. The molecule has 1 atom stereocenters. The van der Waals surface area contributed by atoms with E-state index < -0.39 is 14.4 Å². The van der Waals surface area contributed by atoms with E-state index in [4.69, 9.17) is 62.7 Å². The van der Waals surface area contributed by atoms with Gasteiger partial charge in [-0.25, -0.2) is 0 Å². The molecule has 0 spiro atoms. The maximum Gasteiger partial charge on any atom is 0.221 e. The van der Waals surface area contributed by atoms with E-state index >= 15 is 0 Å². The van der Waals surface area contributed by atoms with E-state index in [0.717, 1.165) is 0 Å². The monoisotopic (exact) mass is 242 g/mol. The molecule has 1 rings (SSSR count). The molecule has 0 N–H and O–H groups in total. The van der Waals surface area contributed by atoms with Crippen LogP contribution in [0.3, 0.4) is 0 Å². The average molecular weight is 244 g/mol. The van der Waals surface area contributed by atoms with Crippen molar-refractivity contribution in [3.05, 3.63) is 0 Å².